The quantitative estimate of drug-likeness (QED) is 0.345. The van der Waals surface area contributed by atoms with Crippen molar-refractivity contribution in [3.8, 4) is 0 Å². The molecule has 0 aliphatic heterocycles. The molecule has 0 heteroatoms. The number of unbranched alkanes of at least 4 members (excludes halogenated alkanes) is 1. The molecule has 122 valence electrons. The van der Waals surface area contributed by atoms with E-state index in [9.17, 15) is 0 Å². The maximum atomic E-state index is 2.43. The van der Waals surface area contributed by atoms with Crippen molar-refractivity contribution in [1.29, 1.82) is 0 Å². The molecule has 21 heavy (non-hydrogen) atoms. The highest BCUT2D eigenvalue weighted by Crippen LogP contribution is 2.35. The number of rotatable bonds is 7. The Morgan fingerprint density at radius 3 is 1.67 bits per heavy atom. The fourth-order valence-electron chi connectivity index (χ4n) is 4.74. The van der Waals surface area contributed by atoms with E-state index in [0.29, 0.717) is 0 Å². The average Bonchev–Trinajstić information content (AvgIpc) is 2.54. The fraction of sp³-hybridized carbons (Fsp3) is 0.905. The van der Waals surface area contributed by atoms with Gasteiger partial charge in [-0.25, -0.2) is 0 Å². The zero-order valence-electron chi connectivity index (χ0n) is 14.7. The molecule has 0 radical (unpaired) electrons. The first-order valence-corrected chi connectivity index (χ1v) is 9.94. The Morgan fingerprint density at radius 1 is 0.714 bits per heavy atom. The number of allylic oxidation sites excluding steroid dienone is 2. The molecule has 0 unspecified atom stereocenters. The van der Waals surface area contributed by atoms with Crippen LogP contribution in [0.1, 0.15) is 97.3 Å². The molecule has 0 N–H and O–H groups in total. The molecule has 2 aliphatic carbocycles. The topological polar surface area (TPSA) is 0 Å². The predicted octanol–water partition coefficient (Wildman–Crippen LogP) is 7.15. The molecule has 0 aromatic rings. The molecular formula is C21H38. The molecule has 0 spiro atoms. The predicted molar refractivity (Wildman–Crippen MR) is 94.5 cm³/mol. The lowest BCUT2D eigenvalue weighted by molar-refractivity contribution is 0.247. The Morgan fingerprint density at radius 2 is 1.19 bits per heavy atom. The highest BCUT2D eigenvalue weighted by Gasteiger charge is 2.21. The summed E-state index contributed by atoms with van der Waals surface area (Å²) in [6.07, 6.45) is 24.2. The summed E-state index contributed by atoms with van der Waals surface area (Å²) in [5, 5.41) is 0. The first kappa shape index (κ1) is 17.1. The normalized spacial score (nSPS) is 34.4. The van der Waals surface area contributed by atoms with E-state index in [1.165, 1.54) is 83.5 Å². The lowest BCUT2D eigenvalue weighted by Gasteiger charge is -2.28. The number of hydrogen-bond donors (Lipinski definition) is 0. The molecule has 2 fully saturated rings. The Balaban J connectivity index is 1.49. The van der Waals surface area contributed by atoms with E-state index in [4.69, 9.17) is 0 Å². The first-order valence-electron chi connectivity index (χ1n) is 9.94. The largest absolute Gasteiger partial charge is 0.0914 e. The van der Waals surface area contributed by atoms with Crippen LogP contribution in [0.25, 0.3) is 0 Å². The average molecular weight is 291 g/mol. The zero-order chi connectivity index (χ0) is 14.9. The molecule has 0 heterocycles. The van der Waals surface area contributed by atoms with Crippen molar-refractivity contribution in [3.05, 3.63) is 12.2 Å². The SMILES string of the molecule is C/C=C/C1CCC(CCCCC2CCC(CC)CC2)CC1. The summed E-state index contributed by atoms with van der Waals surface area (Å²) < 4.78 is 0. The van der Waals surface area contributed by atoms with E-state index in [0.717, 1.165) is 23.7 Å². The second-order valence-electron chi connectivity index (χ2n) is 7.89. The van der Waals surface area contributed by atoms with Gasteiger partial charge in [-0.1, -0.05) is 76.9 Å². The minimum Gasteiger partial charge on any atom is -0.0914 e. The molecule has 0 nitrogen and oxygen atoms in total. The summed E-state index contributed by atoms with van der Waals surface area (Å²) in [6.45, 7) is 4.54. The Labute approximate surface area is 133 Å². The van der Waals surface area contributed by atoms with Crippen LogP contribution in [-0.2, 0) is 0 Å². The molecule has 0 atom stereocenters. The second kappa shape index (κ2) is 9.70. The van der Waals surface area contributed by atoms with Gasteiger partial charge in [-0.2, -0.15) is 0 Å². The van der Waals surface area contributed by atoms with Crippen molar-refractivity contribution in [1.82, 2.24) is 0 Å². The van der Waals surface area contributed by atoms with E-state index >= 15 is 0 Å². The molecule has 0 amide bonds. The summed E-state index contributed by atoms with van der Waals surface area (Å²) in [4.78, 5) is 0. The van der Waals surface area contributed by atoms with E-state index in [1.807, 2.05) is 0 Å². The van der Waals surface area contributed by atoms with Crippen molar-refractivity contribution in [2.24, 2.45) is 23.7 Å². The molecule has 0 aromatic carbocycles. The van der Waals surface area contributed by atoms with E-state index in [1.54, 1.807) is 0 Å². The fourth-order valence-corrected chi connectivity index (χ4v) is 4.74. The van der Waals surface area contributed by atoms with Gasteiger partial charge in [0.25, 0.3) is 0 Å². The highest BCUT2D eigenvalue weighted by atomic mass is 14.3. The van der Waals surface area contributed by atoms with Crippen molar-refractivity contribution < 1.29 is 0 Å². The summed E-state index contributed by atoms with van der Waals surface area (Å²) >= 11 is 0. The van der Waals surface area contributed by atoms with Crippen molar-refractivity contribution in [2.75, 3.05) is 0 Å². The third kappa shape index (κ3) is 6.17. The maximum absolute atomic E-state index is 2.43. The van der Waals surface area contributed by atoms with Crippen LogP contribution >= 0.6 is 0 Å². The minimum absolute atomic E-state index is 0.903. The van der Waals surface area contributed by atoms with Crippen LogP contribution in [0.4, 0.5) is 0 Å². The molecule has 2 rings (SSSR count). The summed E-state index contributed by atoms with van der Waals surface area (Å²) in [6, 6.07) is 0. The van der Waals surface area contributed by atoms with Crippen molar-refractivity contribution in [2.45, 2.75) is 97.3 Å². The van der Waals surface area contributed by atoms with Gasteiger partial charge < -0.3 is 0 Å². The van der Waals surface area contributed by atoms with Crippen molar-refractivity contribution >= 4 is 0 Å². The van der Waals surface area contributed by atoms with Gasteiger partial charge in [0.15, 0.2) is 0 Å². The molecule has 2 saturated carbocycles. The van der Waals surface area contributed by atoms with Gasteiger partial charge in [0, 0.05) is 0 Å². The van der Waals surface area contributed by atoms with Crippen LogP contribution in [0.3, 0.4) is 0 Å². The highest BCUT2D eigenvalue weighted by molar-refractivity contribution is 4.88. The van der Waals surface area contributed by atoms with Gasteiger partial charge in [-0.3, -0.25) is 0 Å². The van der Waals surface area contributed by atoms with Crippen LogP contribution in [0.2, 0.25) is 0 Å². The molecule has 0 aromatic heterocycles. The Bertz CT molecular complexity index is 274. The summed E-state index contributed by atoms with van der Waals surface area (Å²) in [5.41, 5.74) is 0. The van der Waals surface area contributed by atoms with Gasteiger partial charge in [0.05, 0.1) is 0 Å². The minimum atomic E-state index is 0.903. The van der Waals surface area contributed by atoms with Gasteiger partial charge in [-0.05, 0) is 56.3 Å². The zero-order valence-corrected chi connectivity index (χ0v) is 14.7. The maximum Gasteiger partial charge on any atom is -0.0233 e. The lowest BCUT2D eigenvalue weighted by atomic mass is 9.77. The van der Waals surface area contributed by atoms with Crippen LogP contribution in [0, 0.1) is 23.7 Å². The summed E-state index contributed by atoms with van der Waals surface area (Å²) in [7, 11) is 0. The van der Waals surface area contributed by atoms with E-state index in [2.05, 4.69) is 26.0 Å². The smallest absolute Gasteiger partial charge is 0.0233 e. The van der Waals surface area contributed by atoms with E-state index < -0.39 is 0 Å². The third-order valence-corrected chi connectivity index (χ3v) is 6.37. The van der Waals surface area contributed by atoms with Crippen LogP contribution in [0.15, 0.2) is 12.2 Å². The Hall–Kier alpha value is -0.260. The van der Waals surface area contributed by atoms with Gasteiger partial charge in [0.2, 0.25) is 0 Å². The lowest BCUT2D eigenvalue weighted by Crippen LogP contribution is -2.14. The van der Waals surface area contributed by atoms with E-state index in [-0.39, 0.29) is 0 Å². The standard InChI is InChI=1S/C21H38/c1-3-7-19-14-16-21(17-15-19)9-6-5-8-20-12-10-18(4-2)11-13-20/h3,7,18-21H,4-6,8-17H2,1-2H3/b7-3+. The second-order valence-corrected chi connectivity index (χ2v) is 7.89. The third-order valence-electron chi connectivity index (χ3n) is 6.37. The van der Waals surface area contributed by atoms with Crippen LogP contribution < -0.4 is 0 Å². The van der Waals surface area contributed by atoms with Gasteiger partial charge in [-0.15, -0.1) is 0 Å². The molecule has 0 saturated heterocycles. The van der Waals surface area contributed by atoms with Gasteiger partial charge in [0.1, 0.15) is 0 Å². The van der Waals surface area contributed by atoms with Crippen molar-refractivity contribution in [3.63, 3.8) is 0 Å². The Kier molecular flexibility index (Phi) is 7.89. The van der Waals surface area contributed by atoms with Crippen LogP contribution in [0.5, 0.6) is 0 Å². The molecule has 0 bridgehead atoms. The summed E-state index contributed by atoms with van der Waals surface area (Å²) in [5.74, 6) is 4.11. The first-order chi connectivity index (χ1) is 10.3. The number of hydrogen-bond acceptors (Lipinski definition) is 0. The molecule has 2 aliphatic rings. The monoisotopic (exact) mass is 290 g/mol. The molecular weight excluding hydrogens is 252 g/mol. The van der Waals surface area contributed by atoms with Gasteiger partial charge >= 0.3 is 0 Å². The van der Waals surface area contributed by atoms with Crippen LogP contribution in [-0.4, -0.2) is 0 Å².